The summed E-state index contributed by atoms with van der Waals surface area (Å²) in [6.45, 7) is 5.52. The number of aromatic nitrogens is 1. The second-order valence-corrected chi connectivity index (χ2v) is 9.80. The molecule has 5 rings (SSSR count). The van der Waals surface area contributed by atoms with Gasteiger partial charge in [0.2, 0.25) is 5.91 Å². The summed E-state index contributed by atoms with van der Waals surface area (Å²) < 4.78 is 0. The summed E-state index contributed by atoms with van der Waals surface area (Å²) in [5.41, 5.74) is 1.39. The normalized spacial score (nSPS) is 25.2. The third kappa shape index (κ3) is 4.10. The molecule has 1 aromatic carbocycles. The van der Waals surface area contributed by atoms with Gasteiger partial charge >= 0.3 is 0 Å². The van der Waals surface area contributed by atoms with Gasteiger partial charge in [0.15, 0.2) is 0 Å². The molecule has 3 aliphatic rings. The first-order chi connectivity index (χ1) is 15.5. The van der Waals surface area contributed by atoms with Crippen LogP contribution >= 0.6 is 0 Å². The Balaban J connectivity index is 1.40. The van der Waals surface area contributed by atoms with Crippen LogP contribution < -0.4 is 10.2 Å². The Labute approximate surface area is 190 Å². The quantitative estimate of drug-likeness (QED) is 0.788. The lowest BCUT2D eigenvalue weighted by atomic mass is 9.74. The van der Waals surface area contributed by atoms with E-state index >= 15 is 0 Å². The summed E-state index contributed by atoms with van der Waals surface area (Å²) in [7, 11) is 0. The SMILES string of the molecule is Cc1ccc(C(=O)N2CCC[C@]3(C(=O)NCC4CC4)CN(c4ccccn4)C[C@@H]3C2)cc1. The number of anilines is 1. The first kappa shape index (κ1) is 21.0. The van der Waals surface area contributed by atoms with Crippen molar-refractivity contribution in [1.82, 2.24) is 15.2 Å². The minimum Gasteiger partial charge on any atom is -0.355 e. The summed E-state index contributed by atoms with van der Waals surface area (Å²) in [4.78, 5) is 35.6. The topological polar surface area (TPSA) is 65.5 Å². The first-order valence-corrected chi connectivity index (χ1v) is 11.9. The van der Waals surface area contributed by atoms with Crippen molar-refractivity contribution in [2.75, 3.05) is 37.6 Å². The highest BCUT2D eigenvalue weighted by Gasteiger charge is 2.53. The Hall–Kier alpha value is -2.89. The average Bonchev–Trinajstić information content (AvgIpc) is 3.61. The third-order valence-corrected chi connectivity index (χ3v) is 7.45. The van der Waals surface area contributed by atoms with E-state index in [9.17, 15) is 9.59 Å². The van der Waals surface area contributed by atoms with Crippen LogP contribution in [0.3, 0.4) is 0 Å². The Kier molecular flexibility index (Phi) is 5.62. The van der Waals surface area contributed by atoms with Crippen molar-refractivity contribution in [2.24, 2.45) is 17.3 Å². The van der Waals surface area contributed by atoms with Crippen LogP contribution in [0, 0.1) is 24.2 Å². The molecule has 1 N–H and O–H groups in total. The van der Waals surface area contributed by atoms with Crippen LogP contribution in [0.5, 0.6) is 0 Å². The molecule has 1 saturated carbocycles. The fourth-order valence-electron chi connectivity index (χ4n) is 5.32. The number of carbonyl (C=O) groups is 2. The van der Waals surface area contributed by atoms with E-state index in [-0.39, 0.29) is 17.7 Å². The molecule has 32 heavy (non-hydrogen) atoms. The zero-order chi connectivity index (χ0) is 22.1. The maximum atomic E-state index is 13.6. The van der Waals surface area contributed by atoms with Crippen LogP contribution in [0.4, 0.5) is 5.82 Å². The zero-order valence-electron chi connectivity index (χ0n) is 18.8. The van der Waals surface area contributed by atoms with E-state index in [1.54, 1.807) is 6.20 Å². The summed E-state index contributed by atoms with van der Waals surface area (Å²) in [6.07, 6.45) is 5.87. The predicted molar refractivity (Wildman–Crippen MR) is 124 cm³/mol. The molecule has 6 nitrogen and oxygen atoms in total. The summed E-state index contributed by atoms with van der Waals surface area (Å²) in [6, 6.07) is 13.7. The zero-order valence-corrected chi connectivity index (χ0v) is 18.8. The number of carbonyl (C=O) groups excluding carboxylic acids is 2. The molecule has 3 heterocycles. The summed E-state index contributed by atoms with van der Waals surface area (Å²) in [5.74, 6) is 1.87. The molecular formula is C26H32N4O2. The highest BCUT2D eigenvalue weighted by Crippen LogP contribution is 2.44. The monoisotopic (exact) mass is 432 g/mol. The lowest BCUT2D eigenvalue weighted by Gasteiger charge is -2.32. The van der Waals surface area contributed by atoms with Crippen molar-refractivity contribution in [1.29, 1.82) is 0 Å². The standard InChI is InChI=1S/C26H32N4O2/c1-19-6-10-21(11-7-19)24(31)29-14-4-12-26(25(32)28-15-20-8-9-20)18-30(17-22(26)16-29)23-5-2-3-13-27-23/h2-3,5-7,10-11,13,20,22H,4,8-9,12,14-18H2,1H3,(H,28,32)/t22-,26-/m0/s1. The summed E-state index contributed by atoms with van der Waals surface area (Å²) in [5, 5.41) is 3.27. The number of nitrogens with one attached hydrogen (secondary N) is 1. The van der Waals surface area contributed by atoms with Gasteiger partial charge in [0.25, 0.3) is 5.91 Å². The molecule has 0 spiro atoms. The fraction of sp³-hybridized carbons (Fsp3) is 0.500. The van der Waals surface area contributed by atoms with Crippen LogP contribution in [0.25, 0.3) is 0 Å². The largest absolute Gasteiger partial charge is 0.355 e. The first-order valence-electron chi connectivity index (χ1n) is 11.9. The molecule has 2 aromatic rings. The van der Waals surface area contributed by atoms with Crippen LogP contribution in [-0.4, -0.2) is 54.4 Å². The number of likely N-dealkylation sites (tertiary alicyclic amines) is 1. The Morgan fingerprint density at radius 3 is 2.66 bits per heavy atom. The number of pyridine rings is 1. The highest BCUT2D eigenvalue weighted by molar-refractivity contribution is 5.94. The minimum atomic E-state index is -0.477. The molecule has 2 atom stereocenters. The van der Waals surface area contributed by atoms with Gasteiger partial charge in [-0.25, -0.2) is 4.98 Å². The van der Waals surface area contributed by atoms with Crippen molar-refractivity contribution < 1.29 is 9.59 Å². The molecule has 6 heteroatoms. The number of fused-ring (bicyclic) bond motifs is 1. The molecule has 2 amide bonds. The molecule has 3 fully saturated rings. The molecule has 2 saturated heterocycles. The highest BCUT2D eigenvalue weighted by atomic mass is 16.2. The van der Waals surface area contributed by atoms with Gasteiger partial charge in [-0.3, -0.25) is 9.59 Å². The molecule has 1 aliphatic carbocycles. The lowest BCUT2D eigenvalue weighted by molar-refractivity contribution is -0.132. The maximum absolute atomic E-state index is 13.6. The van der Waals surface area contributed by atoms with Gasteiger partial charge in [-0.2, -0.15) is 0 Å². The lowest BCUT2D eigenvalue weighted by Crippen LogP contribution is -2.48. The number of benzene rings is 1. The maximum Gasteiger partial charge on any atom is 0.253 e. The van der Waals surface area contributed by atoms with Crippen molar-refractivity contribution in [3.05, 3.63) is 59.8 Å². The number of hydrogen-bond acceptors (Lipinski definition) is 4. The third-order valence-electron chi connectivity index (χ3n) is 7.45. The Bertz CT molecular complexity index is 973. The molecular weight excluding hydrogens is 400 g/mol. The van der Waals surface area contributed by atoms with Crippen LogP contribution in [0.2, 0.25) is 0 Å². The van der Waals surface area contributed by atoms with Crippen LogP contribution in [0.15, 0.2) is 48.7 Å². The predicted octanol–water partition coefficient (Wildman–Crippen LogP) is 3.28. The van der Waals surface area contributed by atoms with E-state index < -0.39 is 5.41 Å². The van der Waals surface area contributed by atoms with Gasteiger partial charge in [-0.15, -0.1) is 0 Å². The minimum absolute atomic E-state index is 0.0653. The van der Waals surface area contributed by atoms with Crippen molar-refractivity contribution in [3.8, 4) is 0 Å². The molecule has 2 aliphatic heterocycles. The Morgan fingerprint density at radius 2 is 1.94 bits per heavy atom. The number of hydrogen-bond donors (Lipinski definition) is 1. The number of nitrogens with zero attached hydrogens (tertiary/aromatic N) is 3. The van der Waals surface area contributed by atoms with E-state index in [2.05, 4.69) is 15.2 Å². The second kappa shape index (κ2) is 8.57. The molecule has 0 bridgehead atoms. The molecule has 1 aromatic heterocycles. The van der Waals surface area contributed by atoms with Gasteiger partial charge < -0.3 is 15.1 Å². The van der Waals surface area contributed by atoms with Gasteiger partial charge in [-0.1, -0.05) is 23.8 Å². The van der Waals surface area contributed by atoms with E-state index in [0.29, 0.717) is 25.6 Å². The Morgan fingerprint density at radius 1 is 1.12 bits per heavy atom. The smallest absolute Gasteiger partial charge is 0.253 e. The molecule has 0 unspecified atom stereocenters. The van der Waals surface area contributed by atoms with E-state index in [1.807, 2.05) is 54.3 Å². The van der Waals surface area contributed by atoms with Crippen molar-refractivity contribution in [3.63, 3.8) is 0 Å². The van der Waals surface area contributed by atoms with E-state index in [0.717, 1.165) is 42.9 Å². The number of amides is 2. The fourth-order valence-corrected chi connectivity index (χ4v) is 5.32. The molecule has 168 valence electrons. The van der Waals surface area contributed by atoms with Crippen LogP contribution in [0.1, 0.15) is 41.6 Å². The van der Waals surface area contributed by atoms with Gasteiger partial charge in [0.1, 0.15) is 5.82 Å². The molecule has 0 radical (unpaired) electrons. The second-order valence-electron chi connectivity index (χ2n) is 9.80. The van der Waals surface area contributed by atoms with Crippen LogP contribution in [-0.2, 0) is 4.79 Å². The number of rotatable bonds is 5. The van der Waals surface area contributed by atoms with Crippen molar-refractivity contribution in [2.45, 2.75) is 32.6 Å². The van der Waals surface area contributed by atoms with E-state index in [4.69, 9.17) is 0 Å². The van der Waals surface area contributed by atoms with E-state index in [1.165, 1.54) is 12.8 Å². The van der Waals surface area contributed by atoms with Gasteiger partial charge in [0.05, 0.1) is 5.41 Å². The van der Waals surface area contributed by atoms with Gasteiger partial charge in [0, 0.05) is 50.4 Å². The van der Waals surface area contributed by atoms with Crippen molar-refractivity contribution >= 4 is 17.6 Å². The average molecular weight is 433 g/mol. The summed E-state index contributed by atoms with van der Waals surface area (Å²) >= 11 is 0. The number of aryl methyl sites for hydroxylation is 1. The van der Waals surface area contributed by atoms with Gasteiger partial charge in [-0.05, 0) is 62.8 Å².